The van der Waals surface area contributed by atoms with E-state index in [-0.39, 0.29) is 0 Å². The maximum atomic E-state index is 5.52. The molecule has 0 aliphatic heterocycles. The van der Waals surface area contributed by atoms with Crippen LogP contribution in [0.3, 0.4) is 0 Å². The predicted octanol–water partition coefficient (Wildman–Crippen LogP) is 1.83. The van der Waals surface area contributed by atoms with Crippen LogP contribution in [0.1, 0.15) is 11.4 Å². The van der Waals surface area contributed by atoms with Crippen molar-refractivity contribution in [1.29, 1.82) is 0 Å². The number of anilines is 1. The molecule has 6 heteroatoms. The molecule has 2 aromatic heterocycles. The fourth-order valence-electron chi connectivity index (χ4n) is 1.35. The Morgan fingerprint density at radius 3 is 3.06 bits per heavy atom. The van der Waals surface area contributed by atoms with Crippen molar-refractivity contribution in [2.24, 2.45) is 5.73 Å². The highest BCUT2D eigenvalue weighted by Crippen LogP contribution is 2.06. The Bertz CT molecular complexity index is 496. The molecule has 0 atom stereocenters. The first kappa shape index (κ1) is 11.9. The first-order chi connectivity index (χ1) is 8.25. The van der Waals surface area contributed by atoms with E-state index < -0.39 is 0 Å². The van der Waals surface area contributed by atoms with E-state index in [9.17, 15) is 0 Å². The van der Waals surface area contributed by atoms with Crippen molar-refractivity contribution < 1.29 is 0 Å². The lowest BCUT2D eigenvalue weighted by Gasteiger charge is -2.05. The molecule has 0 fully saturated rings. The minimum Gasteiger partial charge on any atom is -0.388 e. The molecule has 0 bridgehead atoms. The van der Waals surface area contributed by atoms with Gasteiger partial charge >= 0.3 is 0 Å². The molecule has 4 nitrogen and oxygen atoms in total. The van der Waals surface area contributed by atoms with Gasteiger partial charge < -0.3 is 11.1 Å². The molecular formula is C11H12N4S2. The van der Waals surface area contributed by atoms with Crippen LogP contribution < -0.4 is 11.1 Å². The summed E-state index contributed by atoms with van der Waals surface area (Å²) in [7, 11) is 0. The molecule has 2 rings (SSSR count). The van der Waals surface area contributed by atoms with Gasteiger partial charge in [0.1, 0.15) is 10.8 Å². The maximum absolute atomic E-state index is 5.52. The third-order valence-corrected chi connectivity index (χ3v) is 3.02. The van der Waals surface area contributed by atoms with Gasteiger partial charge in [0.2, 0.25) is 0 Å². The quantitative estimate of drug-likeness (QED) is 0.807. The number of aromatic nitrogens is 2. The summed E-state index contributed by atoms with van der Waals surface area (Å²) in [4.78, 5) is 8.82. The van der Waals surface area contributed by atoms with E-state index in [1.54, 1.807) is 17.4 Å². The molecule has 0 unspecified atom stereocenters. The van der Waals surface area contributed by atoms with Crippen molar-refractivity contribution >= 4 is 34.4 Å². The fraction of sp³-hybridized carbons (Fsp3) is 0.182. The number of pyridine rings is 1. The van der Waals surface area contributed by atoms with Crippen LogP contribution in [0.5, 0.6) is 0 Å². The molecule has 88 valence electrons. The molecule has 0 aliphatic rings. The topological polar surface area (TPSA) is 63.8 Å². The summed E-state index contributed by atoms with van der Waals surface area (Å²) in [6.07, 6.45) is 0.877. The Hall–Kier alpha value is -1.53. The molecule has 2 aromatic rings. The van der Waals surface area contributed by atoms with Crippen LogP contribution in [0.15, 0.2) is 29.1 Å². The van der Waals surface area contributed by atoms with Gasteiger partial charge in [-0.15, -0.1) is 11.3 Å². The Balaban J connectivity index is 1.90. The van der Waals surface area contributed by atoms with E-state index in [1.807, 2.05) is 23.0 Å². The third kappa shape index (κ3) is 3.47. The summed E-state index contributed by atoms with van der Waals surface area (Å²) in [5.74, 6) is 0.783. The lowest BCUT2D eigenvalue weighted by molar-refractivity contribution is 0.968. The van der Waals surface area contributed by atoms with Crippen molar-refractivity contribution in [2.45, 2.75) is 6.42 Å². The highest BCUT2D eigenvalue weighted by atomic mass is 32.1. The van der Waals surface area contributed by atoms with Crippen LogP contribution >= 0.6 is 23.6 Å². The number of rotatable bonds is 5. The fourth-order valence-corrected chi connectivity index (χ4v) is 2.06. The minimum atomic E-state index is 0.313. The van der Waals surface area contributed by atoms with Crippen LogP contribution in [-0.2, 0) is 6.42 Å². The number of hydrogen-bond donors (Lipinski definition) is 2. The number of nitrogens with two attached hydrogens (primary N) is 1. The molecule has 0 aromatic carbocycles. The van der Waals surface area contributed by atoms with E-state index in [1.165, 1.54) is 0 Å². The van der Waals surface area contributed by atoms with Gasteiger partial charge in [0.15, 0.2) is 0 Å². The number of hydrogen-bond acceptors (Lipinski definition) is 5. The summed E-state index contributed by atoms with van der Waals surface area (Å²) in [6, 6.07) is 5.57. The van der Waals surface area contributed by atoms with Crippen LogP contribution in [-0.4, -0.2) is 21.5 Å². The minimum absolute atomic E-state index is 0.313. The second-order valence-electron chi connectivity index (χ2n) is 3.43. The van der Waals surface area contributed by atoms with Crippen LogP contribution in [0, 0.1) is 0 Å². The number of thiocarbonyl (C=S) groups is 1. The standard InChI is InChI=1S/C11H12N4S2/c12-11(16)9-2-1-3-10(15-9)13-5-4-8-6-17-7-14-8/h1-3,6-7H,4-5H2,(H2,12,16)(H,13,15). The predicted molar refractivity (Wildman–Crippen MR) is 74.4 cm³/mol. The summed E-state index contributed by atoms with van der Waals surface area (Å²) in [5, 5.41) is 5.26. The van der Waals surface area contributed by atoms with Gasteiger partial charge in [-0.25, -0.2) is 9.97 Å². The lowest BCUT2D eigenvalue weighted by atomic mass is 10.3. The summed E-state index contributed by atoms with van der Waals surface area (Å²) in [5.41, 5.74) is 9.08. The molecule has 0 amide bonds. The largest absolute Gasteiger partial charge is 0.388 e. The SMILES string of the molecule is NC(=S)c1cccc(NCCc2cscn2)n1. The van der Waals surface area contributed by atoms with Gasteiger partial charge in [-0.3, -0.25) is 0 Å². The van der Waals surface area contributed by atoms with Gasteiger partial charge in [-0.2, -0.15) is 0 Å². The summed E-state index contributed by atoms with van der Waals surface area (Å²) >= 11 is 6.48. The van der Waals surface area contributed by atoms with Gasteiger partial charge in [0.05, 0.1) is 16.9 Å². The average molecular weight is 264 g/mol. The van der Waals surface area contributed by atoms with Gasteiger partial charge in [-0.05, 0) is 12.1 Å². The molecule has 17 heavy (non-hydrogen) atoms. The van der Waals surface area contributed by atoms with Crippen molar-refractivity contribution in [1.82, 2.24) is 9.97 Å². The van der Waals surface area contributed by atoms with E-state index in [0.717, 1.165) is 24.5 Å². The molecule has 0 saturated carbocycles. The zero-order valence-electron chi connectivity index (χ0n) is 9.09. The van der Waals surface area contributed by atoms with E-state index in [0.29, 0.717) is 10.7 Å². The van der Waals surface area contributed by atoms with Gasteiger partial charge in [-0.1, -0.05) is 18.3 Å². The molecule has 2 heterocycles. The number of nitrogens with zero attached hydrogens (tertiary/aromatic N) is 2. The van der Waals surface area contributed by atoms with Crippen molar-refractivity contribution in [3.05, 3.63) is 40.5 Å². The first-order valence-corrected chi connectivity index (χ1v) is 6.48. The highest BCUT2D eigenvalue weighted by Gasteiger charge is 2.00. The Kier molecular flexibility index (Phi) is 4.00. The van der Waals surface area contributed by atoms with Crippen molar-refractivity contribution in [3.63, 3.8) is 0 Å². The van der Waals surface area contributed by atoms with Gasteiger partial charge in [0.25, 0.3) is 0 Å². The highest BCUT2D eigenvalue weighted by molar-refractivity contribution is 7.80. The normalized spacial score (nSPS) is 10.1. The zero-order chi connectivity index (χ0) is 12.1. The molecular weight excluding hydrogens is 252 g/mol. The summed E-state index contributed by atoms with van der Waals surface area (Å²) < 4.78 is 0. The molecule has 0 aliphatic carbocycles. The number of thiazole rings is 1. The smallest absolute Gasteiger partial charge is 0.126 e. The molecule has 0 spiro atoms. The number of nitrogens with one attached hydrogen (secondary N) is 1. The Labute approximate surface area is 109 Å². The van der Waals surface area contributed by atoms with Crippen LogP contribution in [0.2, 0.25) is 0 Å². The van der Waals surface area contributed by atoms with E-state index in [4.69, 9.17) is 18.0 Å². The maximum Gasteiger partial charge on any atom is 0.126 e. The molecule has 0 saturated heterocycles. The Morgan fingerprint density at radius 2 is 2.35 bits per heavy atom. The second kappa shape index (κ2) is 5.70. The van der Waals surface area contributed by atoms with Crippen LogP contribution in [0.25, 0.3) is 0 Å². The van der Waals surface area contributed by atoms with Crippen LogP contribution in [0.4, 0.5) is 5.82 Å². The summed E-state index contributed by atoms with van der Waals surface area (Å²) in [6.45, 7) is 0.789. The first-order valence-electron chi connectivity index (χ1n) is 5.13. The van der Waals surface area contributed by atoms with E-state index in [2.05, 4.69) is 15.3 Å². The van der Waals surface area contributed by atoms with Gasteiger partial charge in [0, 0.05) is 18.3 Å². The average Bonchev–Trinajstić information content (AvgIpc) is 2.82. The zero-order valence-corrected chi connectivity index (χ0v) is 10.7. The second-order valence-corrected chi connectivity index (χ2v) is 4.59. The Morgan fingerprint density at radius 1 is 1.47 bits per heavy atom. The van der Waals surface area contributed by atoms with Crippen molar-refractivity contribution in [2.75, 3.05) is 11.9 Å². The monoisotopic (exact) mass is 264 g/mol. The van der Waals surface area contributed by atoms with E-state index >= 15 is 0 Å². The molecule has 0 radical (unpaired) electrons. The third-order valence-electron chi connectivity index (χ3n) is 2.17. The molecule has 3 N–H and O–H groups in total. The van der Waals surface area contributed by atoms with Crippen molar-refractivity contribution in [3.8, 4) is 0 Å². The lowest BCUT2D eigenvalue weighted by Crippen LogP contribution is -2.13.